The van der Waals surface area contributed by atoms with Crippen LogP contribution >= 0.6 is 0 Å². The summed E-state index contributed by atoms with van der Waals surface area (Å²) in [7, 11) is 0. The maximum atomic E-state index is 13.3. The summed E-state index contributed by atoms with van der Waals surface area (Å²) in [5.74, 6) is -1.78. The molecule has 5 nitrogen and oxygen atoms in total. The Labute approximate surface area is 214 Å². The SMILES string of the molecule is O=C1C(Nc2ccc(OC(F)(F)F)cc2)=CC(c2ccc(C(F)(F)F)cc2)N1c1ccc(OC(F)(F)F)cc1. The summed E-state index contributed by atoms with van der Waals surface area (Å²) in [5.41, 5.74) is -0.482. The predicted octanol–water partition coefficient (Wildman–Crippen LogP) is 7.59. The van der Waals surface area contributed by atoms with Gasteiger partial charge in [0.05, 0.1) is 11.6 Å². The number of alkyl halides is 9. The number of amides is 1. The molecular formula is C25H15F9N2O3. The summed E-state index contributed by atoms with van der Waals surface area (Å²) in [6.07, 6.45) is -13.1. The van der Waals surface area contributed by atoms with Crippen LogP contribution in [0.15, 0.2) is 84.6 Å². The van der Waals surface area contributed by atoms with Crippen LogP contribution < -0.4 is 19.7 Å². The highest BCUT2D eigenvalue weighted by atomic mass is 19.4. The molecule has 0 bridgehead atoms. The van der Waals surface area contributed by atoms with Gasteiger partial charge in [-0.3, -0.25) is 9.69 Å². The molecule has 0 saturated carbocycles. The van der Waals surface area contributed by atoms with Crippen LogP contribution in [0.4, 0.5) is 50.9 Å². The van der Waals surface area contributed by atoms with Crippen LogP contribution in [0.2, 0.25) is 0 Å². The lowest BCUT2D eigenvalue weighted by Crippen LogP contribution is -2.30. The highest BCUT2D eigenvalue weighted by Gasteiger charge is 2.37. The molecule has 14 heteroatoms. The predicted molar refractivity (Wildman–Crippen MR) is 120 cm³/mol. The molecule has 1 aliphatic rings. The van der Waals surface area contributed by atoms with Crippen molar-refractivity contribution in [3.8, 4) is 11.5 Å². The summed E-state index contributed by atoms with van der Waals surface area (Å²) in [5, 5.41) is 2.74. The largest absolute Gasteiger partial charge is 0.573 e. The van der Waals surface area contributed by atoms with Gasteiger partial charge in [0.25, 0.3) is 5.91 Å². The van der Waals surface area contributed by atoms with Crippen molar-refractivity contribution < 1.29 is 53.8 Å². The van der Waals surface area contributed by atoms with Crippen molar-refractivity contribution in [2.45, 2.75) is 24.9 Å². The lowest BCUT2D eigenvalue weighted by Gasteiger charge is -2.26. The molecule has 3 aromatic carbocycles. The van der Waals surface area contributed by atoms with E-state index in [1.165, 1.54) is 18.2 Å². The molecule has 1 N–H and O–H groups in total. The normalized spacial score (nSPS) is 16.2. The summed E-state index contributed by atoms with van der Waals surface area (Å²) >= 11 is 0. The van der Waals surface area contributed by atoms with Gasteiger partial charge in [0, 0.05) is 11.4 Å². The van der Waals surface area contributed by atoms with E-state index in [2.05, 4.69) is 14.8 Å². The number of carbonyl (C=O) groups is 1. The fourth-order valence-corrected chi connectivity index (χ4v) is 3.75. The number of carbonyl (C=O) groups excluding carboxylic acids is 1. The number of benzene rings is 3. The van der Waals surface area contributed by atoms with Gasteiger partial charge in [-0.05, 0) is 72.3 Å². The third-order valence-corrected chi connectivity index (χ3v) is 5.35. The molecule has 1 atom stereocenters. The number of nitrogens with zero attached hydrogens (tertiary/aromatic N) is 1. The Morgan fingerprint density at radius 3 is 1.62 bits per heavy atom. The standard InChI is InChI=1S/C25H15F9N2O3/c26-23(27,28)15-3-1-14(2-4-15)21-13-20(35-16-5-9-18(10-6-16)38-24(29,30)31)22(37)36(21)17-7-11-19(12-8-17)39-25(32,33)34/h1-13,21,35H. The third kappa shape index (κ3) is 6.94. The van der Waals surface area contributed by atoms with E-state index in [1.807, 2.05) is 0 Å². The van der Waals surface area contributed by atoms with Crippen LogP contribution in [0.1, 0.15) is 17.2 Å². The van der Waals surface area contributed by atoms with Crippen LogP contribution in [-0.2, 0) is 11.0 Å². The number of ether oxygens (including phenoxy) is 2. The molecule has 0 spiro atoms. The fraction of sp³-hybridized carbons (Fsp3) is 0.160. The molecule has 4 rings (SSSR count). The molecule has 1 heterocycles. The van der Waals surface area contributed by atoms with Crippen molar-refractivity contribution in [2.24, 2.45) is 0 Å². The lowest BCUT2D eigenvalue weighted by molar-refractivity contribution is -0.275. The molecule has 0 aromatic heterocycles. The van der Waals surface area contributed by atoms with Crippen molar-refractivity contribution in [3.05, 3.63) is 95.7 Å². The Morgan fingerprint density at radius 1 is 0.667 bits per heavy atom. The second-order valence-electron chi connectivity index (χ2n) is 8.06. The highest BCUT2D eigenvalue weighted by Crippen LogP contribution is 2.39. The van der Waals surface area contributed by atoms with E-state index in [1.54, 1.807) is 0 Å². The topological polar surface area (TPSA) is 50.8 Å². The number of halogens is 9. The van der Waals surface area contributed by atoms with Crippen molar-refractivity contribution in [3.63, 3.8) is 0 Å². The molecule has 0 saturated heterocycles. The van der Waals surface area contributed by atoms with E-state index >= 15 is 0 Å². The van der Waals surface area contributed by atoms with Gasteiger partial charge >= 0.3 is 18.9 Å². The second kappa shape index (κ2) is 10.1. The summed E-state index contributed by atoms with van der Waals surface area (Å²) in [6, 6.07) is 11.6. The zero-order valence-electron chi connectivity index (χ0n) is 19.2. The first-order valence-corrected chi connectivity index (χ1v) is 10.8. The third-order valence-electron chi connectivity index (χ3n) is 5.35. The molecule has 1 amide bonds. The number of nitrogens with one attached hydrogen (secondary N) is 1. The summed E-state index contributed by atoms with van der Waals surface area (Å²) < 4.78 is 121. The molecule has 0 fully saturated rings. The first kappa shape index (κ1) is 27.7. The van der Waals surface area contributed by atoms with Gasteiger partial charge < -0.3 is 14.8 Å². The molecule has 206 valence electrons. The summed E-state index contributed by atoms with van der Waals surface area (Å²) in [4.78, 5) is 14.4. The average Bonchev–Trinajstić information content (AvgIpc) is 3.14. The van der Waals surface area contributed by atoms with Gasteiger partial charge in [-0.25, -0.2) is 0 Å². The quantitative estimate of drug-likeness (QED) is 0.315. The Balaban J connectivity index is 1.64. The molecular weight excluding hydrogens is 547 g/mol. The highest BCUT2D eigenvalue weighted by molar-refractivity contribution is 6.11. The van der Waals surface area contributed by atoms with E-state index in [9.17, 15) is 44.3 Å². The molecule has 0 aliphatic carbocycles. The number of hydrogen-bond acceptors (Lipinski definition) is 4. The minimum absolute atomic E-state index is 0.0833. The molecule has 39 heavy (non-hydrogen) atoms. The average molecular weight is 562 g/mol. The Hall–Kier alpha value is -4.36. The van der Waals surface area contributed by atoms with Crippen LogP contribution in [0, 0.1) is 0 Å². The van der Waals surface area contributed by atoms with E-state index in [0.29, 0.717) is 0 Å². The molecule has 1 aliphatic heterocycles. The van der Waals surface area contributed by atoms with Crippen molar-refractivity contribution in [1.82, 2.24) is 0 Å². The zero-order valence-corrected chi connectivity index (χ0v) is 19.2. The Bertz CT molecular complexity index is 1350. The monoisotopic (exact) mass is 562 g/mol. The van der Waals surface area contributed by atoms with Gasteiger partial charge in [0.2, 0.25) is 0 Å². The number of anilines is 2. The number of rotatable bonds is 6. The Kier molecular flexibility index (Phi) is 7.15. The maximum absolute atomic E-state index is 13.3. The van der Waals surface area contributed by atoms with E-state index in [0.717, 1.165) is 65.6 Å². The minimum Gasteiger partial charge on any atom is -0.406 e. The van der Waals surface area contributed by atoms with Gasteiger partial charge in [-0.1, -0.05) is 12.1 Å². The van der Waals surface area contributed by atoms with Crippen molar-refractivity contribution in [2.75, 3.05) is 10.2 Å². The lowest BCUT2D eigenvalue weighted by atomic mass is 10.0. The molecule has 3 aromatic rings. The van der Waals surface area contributed by atoms with E-state index in [4.69, 9.17) is 0 Å². The van der Waals surface area contributed by atoms with Gasteiger partial charge in [-0.2, -0.15) is 13.2 Å². The van der Waals surface area contributed by atoms with Gasteiger partial charge in [-0.15, -0.1) is 26.3 Å². The second-order valence-corrected chi connectivity index (χ2v) is 8.06. The first-order chi connectivity index (χ1) is 18.1. The van der Waals surface area contributed by atoms with Crippen LogP contribution in [0.3, 0.4) is 0 Å². The van der Waals surface area contributed by atoms with Crippen molar-refractivity contribution in [1.29, 1.82) is 0 Å². The molecule has 0 radical (unpaired) electrons. The van der Waals surface area contributed by atoms with Gasteiger partial charge in [0.15, 0.2) is 0 Å². The zero-order chi connectivity index (χ0) is 28.6. The maximum Gasteiger partial charge on any atom is 0.573 e. The van der Waals surface area contributed by atoms with Crippen LogP contribution in [0.25, 0.3) is 0 Å². The fourth-order valence-electron chi connectivity index (χ4n) is 3.75. The first-order valence-electron chi connectivity index (χ1n) is 10.8. The summed E-state index contributed by atoms with van der Waals surface area (Å²) in [6.45, 7) is 0. The van der Waals surface area contributed by atoms with E-state index < -0.39 is 47.9 Å². The van der Waals surface area contributed by atoms with E-state index in [-0.39, 0.29) is 22.6 Å². The van der Waals surface area contributed by atoms with Crippen LogP contribution in [0.5, 0.6) is 11.5 Å². The van der Waals surface area contributed by atoms with Gasteiger partial charge in [0.1, 0.15) is 17.2 Å². The Morgan fingerprint density at radius 2 is 1.15 bits per heavy atom. The minimum atomic E-state index is -4.95. The molecule has 1 unspecified atom stereocenters. The number of hydrogen-bond donors (Lipinski definition) is 1. The van der Waals surface area contributed by atoms with Crippen molar-refractivity contribution >= 4 is 17.3 Å². The smallest absolute Gasteiger partial charge is 0.406 e. The van der Waals surface area contributed by atoms with Crippen LogP contribution in [-0.4, -0.2) is 18.6 Å².